The Labute approximate surface area is 207 Å². The average molecular weight is 485 g/mol. The molecule has 0 aromatic heterocycles. The molecule has 0 saturated carbocycles. The molecule has 1 N–H and O–H groups in total. The number of carbonyl (C=O) groups excluding carboxylic acids is 1. The van der Waals surface area contributed by atoms with E-state index in [1.807, 2.05) is 0 Å². The second kappa shape index (κ2) is 14.7. The third-order valence-corrected chi connectivity index (χ3v) is 6.75. The lowest BCUT2D eigenvalue weighted by Crippen LogP contribution is -2.48. The Morgan fingerprint density at radius 3 is 2.22 bits per heavy atom. The lowest BCUT2D eigenvalue weighted by molar-refractivity contribution is -0.122. The van der Waals surface area contributed by atoms with Gasteiger partial charge in [-0.1, -0.05) is 76.6 Å². The third-order valence-electron chi connectivity index (χ3n) is 6.75. The Kier molecular flexibility index (Phi) is 14.1. The largest absolute Gasteiger partial charge is 0.354 e. The van der Waals surface area contributed by atoms with Crippen LogP contribution in [0.1, 0.15) is 46.1 Å². The summed E-state index contributed by atoms with van der Waals surface area (Å²) >= 11 is 0. The minimum absolute atomic E-state index is 0. The SMILES string of the molecule is CCC(C)C(CCN(C)C)(CNC(=O)CN(CC)CC)c1cccc2ccccc12.Cl.Cl. The fourth-order valence-corrected chi connectivity index (χ4v) is 4.44. The summed E-state index contributed by atoms with van der Waals surface area (Å²) in [5.41, 5.74) is 1.25. The van der Waals surface area contributed by atoms with Crippen LogP contribution in [0.2, 0.25) is 0 Å². The van der Waals surface area contributed by atoms with E-state index in [1.54, 1.807) is 0 Å². The molecule has 0 aliphatic carbocycles. The van der Waals surface area contributed by atoms with Crippen molar-refractivity contribution >= 4 is 41.5 Å². The lowest BCUT2D eigenvalue weighted by Gasteiger charge is -2.41. The van der Waals surface area contributed by atoms with Crippen LogP contribution in [0.4, 0.5) is 0 Å². The van der Waals surface area contributed by atoms with Gasteiger partial charge in [0, 0.05) is 12.0 Å². The molecule has 0 aliphatic heterocycles. The normalized spacial score (nSPS) is 13.9. The van der Waals surface area contributed by atoms with E-state index >= 15 is 0 Å². The molecule has 0 bridgehead atoms. The first-order valence-corrected chi connectivity index (χ1v) is 11.5. The average Bonchev–Trinajstić information content (AvgIpc) is 2.77. The van der Waals surface area contributed by atoms with E-state index in [9.17, 15) is 4.79 Å². The quantitative estimate of drug-likeness (QED) is 0.440. The van der Waals surface area contributed by atoms with Gasteiger partial charge in [-0.15, -0.1) is 24.8 Å². The second-order valence-corrected chi connectivity index (χ2v) is 8.78. The molecule has 0 radical (unpaired) electrons. The van der Waals surface area contributed by atoms with Gasteiger partial charge in [-0.2, -0.15) is 0 Å². The van der Waals surface area contributed by atoms with Crippen molar-refractivity contribution in [3.05, 3.63) is 48.0 Å². The van der Waals surface area contributed by atoms with Gasteiger partial charge in [0.05, 0.1) is 6.54 Å². The molecule has 2 aromatic carbocycles. The van der Waals surface area contributed by atoms with Gasteiger partial charge in [0.15, 0.2) is 0 Å². The Morgan fingerprint density at radius 1 is 1.00 bits per heavy atom. The van der Waals surface area contributed by atoms with Gasteiger partial charge in [0.2, 0.25) is 5.91 Å². The van der Waals surface area contributed by atoms with Gasteiger partial charge in [-0.25, -0.2) is 0 Å². The topological polar surface area (TPSA) is 35.6 Å². The Morgan fingerprint density at radius 2 is 1.62 bits per heavy atom. The number of likely N-dealkylation sites (N-methyl/N-ethyl adjacent to an activating group) is 1. The van der Waals surface area contributed by atoms with Gasteiger partial charge in [0.1, 0.15) is 0 Å². The predicted octanol–water partition coefficient (Wildman–Crippen LogP) is 5.38. The smallest absolute Gasteiger partial charge is 0.234 e. The van der Waals surface area contributed by atoms with E-state index in [2.05, 4.69) is 99.4 Å². The maximum atomic E-state index is 12.8. The van der Waals surface area contributed by atoms with E-state index in [0.717, 1.165) is 32.5 Å². The van der Waals surface area contributed by atoms with Crippen LogP contribution in [0.3, 0.4) is 0 Å². The summed E-state index contributed by atoms with van der Waals surface area (Å²) in [5, 5.41) is 5.89. The molecule has 2 unspecified atom stereocenters. The van der Waals surface area contributed by atoms with Gasteiger partial charge in [-0.05, 0) is 62.4 Å². The molecule has 4 nitrogen and oxygen atoms in total. The number of benzene rings is 2. The second-order valence-electron chi connectivity index (χ2n) is 8.78. The summed E-state index contributed by atoms with van der Waals surface area (Å²) in [6.45, 7) is 12.7. The summed E-state index contributed by atoms with van der Waals surface area (Å²) in [6, 6.07) is 15.3. The molecular weight excluding hydrogens is 441 g/mol. The highest BCUT2D eigenvalue weighted by atomic mass is 35.5. The lowest BCUT2D eigenvalue weighted by atomic mass is 9.66. The van der Waals surface area contributed by atoms with Crippen LogP contribution in [0.5, 0.6) is 0 Å². The van der Waals surface area contributed by atoms with Gasteiger partial charge < -0.3 is 10.2 Å². The first-order chi connectivity index (χ1) is 14.4. The summed E-state index contributed by atoms with van der Waals surface area (Å²) < 4.78 is 0. The summed E-state index contributed by atoms with van der Waals surface area (Å²) in [4.78, 5) is 17.2. The van der Waals surface area contributed by atoms with Crippen molar-refractivity contribution in [3.8, 4) is 0 Å². The molecular formula is C26H43Cl2N3O. The van der Waals surface area contributed by atoms with Crippen molar-refractivity contribution in [3.63, 3.8) is 0 Å². The zero-order valence-corrected chi connectivity index (χ0v) is 22.3. The van der Waals surface area contributed by atoms with E-state index in [1.165, 1.54) is 16.3 Å². The van der Waals surface area contributed by atoms with Crippen LogP contribution in [-0.4, -0.2) is 62.5 Å². The minimum atomic E-state index is -0.112. The number of amides is 1. The van der Waals surface area contributed by atoms with Gasteiger partial charge in [0.25, 0.3) is 0 Å². The highest BCUT2D eigenvalue weighted by Crippen LogP contribution is 2.41. The zero-order chi connectivity index (χ0) is 22.1. The van der Waals surface area contributed by atoms with Crippen LogP contribution in [0.15, 0.2) is 42.5 Å². The fourth-order valence-electron chi connectivity index (χ4n) is 4.44. The van der Waals surface area contributed by atoms with E-state index in [-0.39, 0.29) is 36.1 Å². The number of nitrogens with one attached hydrogen (secondary N) is 1. The molecule has 2 aromatic rings. The molecule has 0 heterocycles. The number of halogens is 2. The first kappa shape index (κ1) is 30.7. The van der Waals surface area contributed by atoms with Crippen molar-refractivity contribution in [2.75, 3.05) is 46.8 Å². The first-order valence-electron chi connectivity index (χ1n) is 11.5. The van der Waals surface area contributed by atoms with E-state index in [0.29, 0.717) is 19.0 Å². The van der Waals surface area contributed by atoms with Crippen molar-refractivity contribution in [2.45, 2.75) is 46.0 Å². The summed E-state index contributed by atoms with van der Waals surface area (Å²) in [6.07, 6.45) is 2.08. The van der Waals surface area contributed by atoms with Crippen LogP contribution >= 0.6 is 24.8 Å². The molecule has 32 heavy (non-hydrogen) atoms. The van der Waals surface area contributed by atoms with Crippen LogP contribution in [-0.2, 0) is 10.2 Å². The van der Waals surface area contributed by atoms with Crippen LogP contribution in [0.25, 0.3) is 10.8 Å². The molecule has 0 saturated heterocycles. The maximum absolute atomic E-state index is 12.8. The molecule has 0 spiro atoms. The standard InChI is InChI=1S/C26H41N3O.2ClH/c1-7-21(4)26(17-18-28(5)6,20-27-25(30)19-29(8-2)9-3)24-16-12-14-22-13-10-11-15-23(22)24;;/h10-16,21H,7-9,17-20H2,1-6H3,(H,27,30);2*1H. The summed E-state index contributed by atoms with van der Waals surface area (Å²) in [5.74, 6) is 0.563. The molecule has 6 heteroatoms. The number of nitrogens with zero attached hydrogens (tertiary/aromatic N) is 2. The van der Waals surface area contributed by atoms with Crippen LogP contribution < -0.4 is 5.32 Å². The van der Waals surface area contributed by atoms with Crippen molar-refractivity contribution in [1.29, 1.82) is 0 Å². The molecule has 2 atom stereocenters. The van der Waals surface area contributed by atoms with Crippen molar-refractivity contribution in [1.82, 2.24) is 15.1 Å². The zero-order valence-electron chi connectivity index (χ0n) is 20.7. The Hall–Kier alpha value is -1.33. The Balaban J connectivity index is 0.00000480. The monoisotopic (exact) mass is 483 g/mol. The number of carbonyl (C=O) groups is 1. The highest BCUT2D eigenvalue weighted by Gasteiger charge is 2.38. The number of rotatable bonds is 12. The maximum Gasteiger partial charge on any atom is 0.234 e. The van der Waals surface area contributed by atoms with Crippen molar-refractivity contribution in [2.24, 2.45) is 5.92 Å². The molecule has 2 rings (SSSR count). The fraction of sp³-hybridized carbons (Fsp3) is 0.577. The molecule has 0 aliphatic rings. The number of hydrogen-bond donors (Lipinski definition) is 1. The van der Waals surface area contributed by atoms with Crippen LogP contribution in [0, 0.1) is 5.92 Å². The highest BCUT2D eigenvalue weighted by molar-refractivity contribution is 5.87. The van der Waals surface area contributed by atoms with E-state index in [4.69, 9.17) is 0 Å². The summed E-state index contributed by atoms with van der Waals surface area (Å²) in [7, 11) is 4.26. The number of fused-ring (bicyclic) bond motifs is 1. The predicted molar refractivity (Wildman–Crippen MR) is 144 cm³/mol. The number of hydrogen-bond acceptors (Lipinski definition) is 3. The van der Waals surface area contributed by atoms with E-state index < -0.39 is 0 Å². The van der Waals surface area contributed by atoms with Gasteiger partial charge in [-0.3, -0.25) is 9.69 Å². The molecule has 1 amide bonds. The molecule has 182 valence electrons. The van der Waals surface area contributed by atoms with Gasteiger partial charge >= 0.3 is 0 Å². The van der Waals surface area contributed by atoms with Crippen molar-refractivity contribution < 1.29 is 4.79 Å². The third kappa shape index (κ3) is 7.62. The minimum Gasteiger partial charge on any atom is -0.354 e. The Bertz CT molecular complexity index is 805. The molecule has 0 fully saturated rings.